The lowest BCUT2D eigenvalue weighted by Crippen LogP contribution is -2.20. The number of benzene rings is 1. The highest BCUT2D eigenvalue weighted by molar-refractivity contribution is 6.17. The summed E-state index contributed by atoms with van der Waals surface area (Å²) in [6, 6.07) is 7.61. The summed E-state index contributed by atoms with van der Waals surface area (Å²) in [5, 5.41) is 0. The molecule has 2 aromatic rings. The number of halogens is 1. The molecule has 1 aromatic heterocycles. The largest absolute Gasteiger partial charge is 0.305 e. The van der Waals surface area contributed by atoms with Crippen LogP contribution in [-0.4, -0.2) is 15.4 Å². The maximum absolute atomic E-state index is 11.6. The Hall–Kier alpha value is -1.35. The van der Waals surface area contributed by atoms with Crippen LogP contribution in [0.2, 0.25) is 0 Å². The molecule has 78 valence electrons. The minimum Gasteiger partial charge on any atom is -0.305 e. The molecule has 0 fully saturated rings. The summed E-state index contributed by atoms with van der Waals surface area (Å²) in [6.45, 7) is 0.644. The van der Waals surface area contributed by atoms with Gasteiger partial charge in [-0.05, 0) is 18.6 Å². The molecule has 1 aromatic carbocycles. The number of para-hydroxylation sites is 2. The van der Waals surface area contributed by atoms with E-state index >= 15 is 0 Å². The van der Waals surface area contributed by atoms with Crippen molar-refractivity contribution in [2.45, 2.75) is 13.0 Å². The Morgan fingerprint density at radius 2 is 2.13 bits per heavy atom. The molecule has 0 amide bonds. The fraction of sp³-hybridized carbons (Fsp3) is 0.273. The molecule has 0 radical (unpaired) electrons. The predicted octanol–water partition coefficient (Wildman–Crippen LogP) is 2.03. The van der Waals surface area contributed by atoms with Crippen LogP contribution in [0.4, 0.5) is 0 Å². The Kier molecular flexibility index (Phi) is 3.02. The highest BCUT2D eigenvalue weighted by Gasteiger charge is 2.02. The molecule has 0 aliphatic rings. The van der Waals surface area contributed by atoms with E-state index in [1.54, 1.807) is 4.57 Å². The Bertz CT molecular complexity index is 521. The van der Waals surface area contributed by atoms with Crippen molar-refractivity contribution in [1.82, 2.24) is 9.55 Å². The normalized spacial score (nSPS) is 10.7. The lowest BCUT2D eigenvalue weighted by Gasteiger charge is -2.07. The smallest absolute Gasteiger partial charge is 0.269 e. The zero-order chi connectivity index (χ0) is 10.7. The van der Waals surface area contributed by atoms with Crippen molar-refractivity contribution in [3.05, 3.63) is 40.8 Å². The predicted molar refractivity (Wildman–Crippen MR) is 61.3 cm³/mol. The summed E-state index contributed by atoms with van der Waals surface area (Å²) in [6.07, 6.45) is 2.14. The van der Waals surface area contributed by atoms with Crippen LogP contribution in [0.1, 0.15) is 6.42 Å². The first-order valence-corrected chi connectivity index (χ1v) is 5.37. The summed E-state index contributed by atoms with van der Waals surface area (Å²) in [4.78, 5) is 15.7. The topological polar surface area (TPSA) is 34.9 Å². The standard InChI is InChI=1S/C11H11ClN2O/c12-6-3-7-14-10-5-2-1-4-9(10)13-8-11(14)15/h1-2,4-5,8H,3,6-7H2. The first-order chi connectivity index (χ1) is 7.33. The van der Waals surface area contributed by atoms with E-state index in [-0.39, 0.29) is 5.56 Å². The van der Waals surface area contributed by atoms with Gasteiger partial charge in [0.2, 0.25) is 0 Å². The Labute approximate surface area is 92.3 Å². The van der Waals surface area contributed by atoms with Crippen molar-refractivity contribution in [3.8, 4) is 0 Å². The number of nitrogens with zero attached hydrogens (tertiary/aromatic N) is 2. The Balaban J connectivity index is 2.58. The van der Waals surface area contributed by atoms with E-state index in [1.807, 2.05) is 24.3 Å². The van der Waals surface area contributed by atoms with Gasteiger partial charge in [-0.3, -0.25) is 4.79 Å². The number of aryl methyl sites for hydroxylation is 1. The van der Waals surface area contributed by atoms with E-state index in [2.05, 4.69) is 4.98 Å². The third-order valence-electron chi connectivity index (χ3n) is 2.27. The molecular formula is C11H11ClN2O. The quantitative estimate of drug-likeness (QED) is 0.745. The number of rotatable bonds is 3. The second-order valence-electron chi connectivity index (χ2n) is 3.28. The van der Waals surface area contributed by atoms with Crippen LogP contribution in [0.3, 0.4) is 0 Å². The number of alkyl halides is 1. The van der Waals surface area contributed by atoms with E-state index in [9.17, 15) is 4.79 Å². The summed E-state index contributed by atoms with van der Waals surface area (Å²) in [7, 11) is 0. The average molecular weight is 223 g/mol. The van der Waals surface area contributed by atoms with Gasteiger partial charge in [0.15, 0.2) is 0 Å². The van der Waals surface area contributed by atoms with E-state index in [4.69, 9.17) is 11.6 Å². The van der Waals surface area contributed by atoms with Gasteiger partial charge in [-0.1, -0.05) is 12.1 Å². The SMILES string of the molecule is O=c1cnc2ccccc2n1CCCCl. The molecule has 0 aliphatic heterocycles. The van der Waals surface area contributed by atoms with E-state index in [1.165, 1.54) is 6.20 Å². The van der Waals surface area contributed by atoms with Crippen LogP contribution in [-0.2, 0) is 6.54 Å². The molecule has 4 heteroatoms. The zero-order valence-corrected chi connectivity index (χ0v) is 8.94. The summed E-state index contributed by atoms with van der Waals surface area (Å²) < 4.78 is 1.71. The number of fused-ring (bicyclic) bond motifs is 1. The second kappa shape index (κ2) is 4.45. The molecule has 0 bridgehead atoms. The van der Waals surface area contributed by atoms with Crippen LogP contribution >= 0.6 is 11.6 Å². The van der Waals surface area contributed by atoms with Gasteiger partial charge in [0, 0.05) is 12.4 Å². The first-order valence-electron chi connectivity index (χ1n) is 4.83. The van der Waals surface area contributed by atoms with Crippen LogP contribution < -0.4 is 5.56 Å². The van der Waals surface area contributed by atoms with Crippen molar-refractivity contribution in [3.63, 3.8) is 0 Å². The van der Waals surface area contributed by atoms with Crippen molar-refractivity contribution >= 4 is 22.6 Å². The fourth-order valence-corrected chi connectivity index (χ4v) is 1.68. The molecule has 0 atom stereocenters. The lowest BCUT2D eigenvalue weighted by atomic mass is 10.3. The maximum Gasteiger partial charge on any atom is 0.269 e. The molecule has 0 aliphatic carbocycles. The first kappa shape index (κ1) is 10.2. The molecular weight excluding hydrogens is 212 g/mol. The summed E-state index contributed by atoms with van der Waals surface area (Å²) in [5.74, 6) is 0.559. The minimum absolute atomic E-state index is 0.0705. The Morgan fingerprint density at radius 1 is 1.33 bits per heavy atom. The van der Waals surface area contributed by atoms with Gasteiger partial charge in [0.05, 0.1) is 17.2 Å². The minimum atomic E-state index is -0.0705. The third kappa shape index (κ3) is 2.02. The molecule has 0 unspecified atom stereocenters. The lowest BCUT2D eigenvalue weighted by molar-refractivity contribution is 0.677. The van der Waals surface area contributed by atoms with E-state index in [0.717, 1.165) is 17.5 Å². The van der Waals surface area contributed by atoms with Gasteiger partial charge >= 0.3 is 0 Å². The van der Waals surface area contributed by atoms with Crippen LogP contribution in [0, 0.1) is 0 Å². The van der Waals surface area contributed by atoms with E-state index < -0.39 is 0 Å². The fourth-order valence-electron chi connectivity index (χ4n) is 1.56. The van der Waals surface area contributed by atoms with Gasteiger partial charge in [-0.25, -0.2) is 4.98 Å². The third-order valence-corrected chi connectivity index (χ3v) is 2.54. The molecule has 2 rings (SSSR count). The second-order valence-corrected chi connectivity index (χ2v) is 3.66. The molecule has 0 saturated heterocycles. The van der Waals surface area contributed by atoms with Crippen molar-refractivity contribution in [1.29, 1.82) is 0 Å². The van der Waals surface area contributed by atoms with E-state index in [0.29, 0.717) is 12.4 Å². The summed E-state index contributed by atoms with van der Waals surface area (Å²) >= 11 is 5.62. The molecule has 3 nitrogen and oxygen atoms in total. The zero-order valence-electron chi connectivity index (χ0n) is 8.19. The molecule has 0 saturated carbocycles. The van der Waals surface area contributed by atoms with Gasteiger partial charge in [0.1, 0.15) is 0 Å². The number of hydrogen-bond acceptors (Lipinski definition) is 2. The average Bonchev–Trinajstić information content (AvgIpc) is 2.28. The van der Waals surface area contributed by atoms with Crippen LogP contribution in [0.15, 0.2) is 35.3 Å². The van der Waals surface area contributed by atoms with Crippen molar-refractivity contribution in [2.24, 2.45) is 0 Å². The van der Waals surface area contributed by atoms with Crippen molar-refractivity contribution < 1.29 is 0 Å². The van der Waals surface area contributed by atoms with Gasteiger partial charge in [-0.15, -0.1) is 11.6 Å². The number of aromatic nitrogens is 2. The Morgan fingerprint density at radius 3 is 2.93 bits per heavy atom. The number of hydrogen-bond donors (Lipinski definition) is 0. The molecule has 15 heavy (non-hydrogen) atoms. The van der Waals surface area contributed by atoms with Gasteiger partial charge in [0.25, 0.3) is 5.56 Å². The summed E-state index contributed by atoms with van der Waals surface area (Å²) in [5.41, 5.74) is 1.64. The molecule has 0 N–H and O–H groups in total. The van der Waals surface area contributed by atoms with Gasteiger partial charge in [-0.2, -0.15) is 0 Å². The van der Waals surface area contributed by atoms with Crippen molar-refractivity contribution in [2.75, 3.05) is 5.88 Å². The highest BCUT2D eigenvalue weighted by atomic mass is 35.5. The maximum atomic E-state index is 11.6. The van der Waals surface area contributed by atoms with Gasteiger partial charge < -0.3 is 4.57 Å². The molecule has 0 spiro atoms. The van der Waals surface area contributed by atoms with Crippen LogP contribution in [0.25, 0.3) is 11.0 Å². The highest BCUT2D eigenvalue weighted by Crippen LogP contribution is 2.08. The monoisotopic (exact) mass is 222 g/mol. The molecule has 1 heterocycles. The van der Waals surface area contributed by atoms with Crippen LogP contribution in [0.5, 0.6) is 0 Å².